The molecule has 1 aromatic heterocycles. The minimum absolute atomic E-state index is 0.175. The minimum Gasteiger partial charge on any atom is -0.478 e. The fourth-order valence-corrected chi connectivity index (χ4v) is 6.01. The van der Waals surface area contributed by atoms with Crippen molar-refractivity contribution in [1.82, 2.24) is 15.3 Å². The molecule has 2 heterocycles. The zero-order valence-corrected chi connectivity index (χ0v) is 25.4. The Morgan fingerprint density at radius 3 is 2.13 bits per heavy atom. The average molecular weight is 639 g/mol. The van der Waals surface area contributed by atoms with E-state index < -0.39 is 59.6 Å². The number of carboxylic acids is 1. The Balaban J connectivity index is 1.56. The molecule has 6 rings (SSSR count). The van der Waals surface area contributed by atoms with E-state index in [2.05, 4.69) is 15.3 Å². The van der Waals surface area contributed by atoms with Gasteiger partial charge >= 0.3 is 12.0 Å². The maximum absolute atomic E-state index is 14.9. The lowest BCUT2D eigenvalue weighted by Crippen LogP contribution is -2.58. The number of benzene rings is 4. The number of hydrogen-bond donors (Lipinski definition) is 2. The third-order valence-electron chi connectivity index (χ3n) is 8.11. The van der Waals surface area contributed by atoms with Gasteiger partial charge in [0.2, 0.25) is 12.0 Å². The van der Waals surface area contributed by atoms with Crippen LogP contribution >= 0.6 is 0 Å². The van der Waals surface area contributed by atoms with E-state index >= 15 is 0 Å². The van der Waals surface area contributed by atoms with E-state index in [1.54, 1.807) is 56.3 Å². The van der Waals surface area contributed by atoms with Crippen LogP contribution in [0.5, 0.6) is 6.01 Å². The van der Waals surface area contributed by atoms with Gasteiger partial charge in [-0.3, -0.25) is 10.1 Å². The van der Waals surface area contributed by atoms with Gasteiger partial charge in [-0.2, -0.15) is 0 Å². The number of aryl methyl sites for hydroxylation is 2. The second-order valence-electron chi connectivity index (χ2n) is 11.2. The molecule has 1 aliphatic heterocycles. The number of hydrogen-bond acceptors (Lipinski definition) is 6. The molecule has 8 nitrogen and oxygen atoms in total. The lowest BCUT2D eigenvalue weighted by atomic mass is 9.76. The molecule has 0 saturated carbocycles. The van der Waals surface area contributed by atoms with Crippen molar-refractivity contribution in [2.45, 2.75) is 32.0 Å². The van der Waals surface area contributed by atoms with Crippen molar-refractivity contribution in [2.24, 2.45) is 0 Å². The van der Waals surface area contributed by atoms with Crippen LogP contribution in [0.3, 0.4) is 0 Å². The van der Waals surface area contributed by atoms with Crippen LogP contribution in [0.1, 0.15) is 28.1 Å². The third-order valence-corrected chi connectivity index (χ3v) is 8.11. The Hall–Kier alpha value is -5.55. The van der Waals surface area contributed by atoms with Crippen LogP contribution in [0.2, 0.25) is 0 Å². The molecule has 0 fully saturated rings. The lowest BCUT2D eigenvalue weighted by molar-refractivity contribution is -0.149. The summed E-state index contributed by atoms with van der Waals surface area (Å²) in [4.78, 5) is 36.8. The smallest absolute Gasteiger partial charge is 0.347 e. The summed E-state index contributed by atoms with van der Waals surface area (Å²) in [6.07, 6.45) is -1.75. The van der Waals surface area contributed by atoms with Crippen LogP contribution in [0.15, 0.2) is 97.1 Å². The first-order valence-electron chi connectivity index (χ1n) is 14.7. The number of para-hydroxylation sites is 1. The molecular formula is C36H29F3N4O4. The van der Waals surface area contributed by atoms with Crippen molar-refractivity contribution in [3.63, 3.8) is 0 Å². The maximum atomic E-state index is 14.9. The molecule has 0 saturated heterocycles. The molecule has 0 spiro atoms. The number of aliphatic carboxylic acids is 1. The monoisotopic (exact) mass is 638 g/mol. The first-order valence-corrected chi connectivity index (χ1v) is 14.7. The first-order chi connectivity index (χ1) is 22.6. The molecule has 2 unspecified atom stereocenters. The van der Waals surface area contributed by atoms with E-state index in [0.29, 0.717) is 29.1 Å². The molecule has 11 heteroatoms. The van der Waals surface area contributed by atoms with Crippen molar-refractivity contribution in [3.8, 4) is 17.1 Å². The van der Waals surface area contributed by atoms with Crippen LogP contribution < -0.4 is 15.0 Å². The molecule has 5 aromatic rings. The fraction of sp³-hybridized carbons (Fsp3) is 0.167. The second-order valence-corrected chi connectivity index (χ2v) is 11.2. The molecule has 238 valence electrons. The predicted molar refractivity (Wildman–Crippen MR) is 168 cm³/mol. The summed E-state index contributed by atoms with van der Waals surface area (Å²) in [6, 6.07) is 25.8. The van der Waals surface area contributed by atoms with Gasteiger partial charge in [-0.15, -0.1) is 0 Å². The van der Waals surface area contributed by atoms with E-state index in [1.807, 2.05) is 42.5 Å². The number of amides is 1. The lowest BCUT2D eigenvalue weighted by Gasteiger charge is -2.39. The molecule has 2 N–H and O–H groups in total. The fourth-order valence-electron chi connectivity index (χ4n) is 6.01. The van der Waals surface area contributed by atoms with E-state index in [4.69, 9.17) is 4.74 Å². The molecule has 0 radical (unpaired) electrons. The molecule has 1 aliphatic rings. The number of rotatable bonds is 8. The number of carboxylic acid groups (broad SMARTS) is 1. The van der Waals surface area contributed by atoms with E-state index in [9.17, 15) is 27.9 Å². The minimum atomic E-state index is -1.76. The number of anilines is 1. The van der Waals surface area contributed by atoms with Gasteiger partial charge < -0.3 is 14.7 Å². The van der Waals surface area contributed by atoms with E-state index in [-0.39, 0.29) is 17.3 Å². The second kappa shape index (κ2) is 12.7. The topological polar surface area (TPSA) is 105 Å². The summed E-state index contributed by atoms with van der Waals surface area (Å²) in [7, 11) is 0. The Bertz CT molecular complexity index is 1930. The van der Waals surface area contributed by atoms with Gasteiger partial charge in [0.1, 0.15) is 23.0 Å². The van der Waals surface area contributed by atoms with Crippen LogP contribution in [0, 0.1) is 31.3 Å². The Morgan fingerprint density at radius 2 is 1.49 bits per heavy atom. The number of carbonyl (C=O) groups excluding carboxylic acids is 1. The van der Waals surface area contributed by atoms with Crippen LogP contribution in [0.25, 0.3) is 11.1 Å². The van der Waals surface area contributed by atoms with E-state index in [0.717, 1.165) is 16.0 Å². The number of fused-ring (bicyclic) bond motifs is 1. The highest BCUT2D eigenvalue weighted by Crippen LogP contribution is 2.43. The number of ether oxygens (including phenoxy) is 1. The van der Waals surface area contributed by atoms with Crippen molar-refractivity contribution < 1.29 is 32.6 Å². The number of carbonyl (C=O) groups is 2. The number of nitrogens with zero attached hydrogens (tertiary/aromatic N) is 3. The number of aromatic nitrogens is 2. The highest BCUT2D eigenvalue weighted by molar-refractivity contribution is 5.97. The van der Waals surface area contributed by atoms with Crippen LogP contribution in [-0.2, 0) is 21.7 Å². The normalized spacial score (nSPS) is 16.7. The van der Waals surface area contributed by atoms with Crippen molar-refractivity contribution in [3.05, 3.63) is 143 Å². The van der Waals surface area contributed by atoms with Gasteiger partial charge in [-0.05, 0) is 42.7 Å². The molecule has 0 aliphatic carbocycles. The molecular weight excluding hydrogens is 609 g/mol. The van der Waals surface area contributed by atoms with E-state index in [1.165, 1.54) is 0 Å². The van der Waals surface area contributed by atoms with Gasteiger partial charge in [-0.1, -0.05) is 72.8 Å². The highest BCUT2D eigenvalue weighted by Gasteiger charge is 2.52. The maximum Gasteiger partial charge on any atom is 0.347 e. The molecule has 1 amide bonds. The molecule has 2 atom stereocenters. The SMILES string of the molecule is Cc1cc(C)nc(OC(C(=O)O)C2(c3ccc(-c4ccccc4)cc3)NCC(=O)N(Cc3c(F)cc(F)cc3F)c3ccccc32)n1. The molecule has 47 heavy (non-hydrogen) atoms. The summed E-state index contributed by atoms with van der Waals surface area (Å²) < 4.78 is 49.6. The standard InChI is InChI=1S/C36H29F3N4O4/c1-21-16-22(2)42-35(41-21)47-33(34(45)46)36(25-14-12-24(13-15-25)23-8-4-3-5-9-23)28-10-6-7-11-31(28)43(32(44)19-40-36)20-27-29(38)17-26(37)18-30(27)39/h3-18,33,40H,19-20H2,1-2H3,(H,45,46). The van der Waals surface area contributed by atoms with Crippen LogP contribution in [-0.4, -0.2) is 39.6 Å². The third kappa shape index (κ3) is 6.05. The summed E-state index contributed by atoms with van der Waals surface area (Å²) >= 11 is 0. The summed E-state index contributed by atoms with van der Waals surface area (Å²) in [5, 5.41) is 14.0. The Kier molecular flexibility index (Phi) is 8.48. The Morgan fingerprint density at radius 1 is 0.894 bits per heavy atom. The summed E-state index contributed by atoms with van der Waals surface area (Å²) in [6.45, 7) is 2.40. The zero-order chi connectivity index (χ0) is 33.3. The van der Waals surface area contributed by atoms with Gasteiger partial charge in [0, 0.05) is 40.3 Å². The molecule has 0 bridgehead atoms. The first kappa shape index (κ1) is 31.4. The largest absolute Gasteiger partial charge is 0.478 e. The van der Waals surface area contributed by atoms with Gasteiger partial charge in [0.05, 0.1) is 13.1 Å². The predicted octanol–water partition coefficient (Wildman–Crippen LogP) is 6.09. The number of nitrogens with one attached hydrogen (secondary N) is 1. The summed E-state index contributed by atoms with van der Waals surface area (Å²) in [5.41, 5.74) is 1.49. The van der Waals surface area contributed by atoms with Gasteiger partial charge in [-0.25, -0.2) is 27.9 Å². The van der Waals surface area contributed by atoms with Gasteiger partial charge in [0.25, 0.3) is 0 Å². The highest BCUT2D eigenvalue weighted by atomic mass is 19.1. The number of halogens is 3. The van der Waals surface area contributed by atoms with Crippen molar-refractivity contribution in [2.75, 3.05) is 11.4 Å². The van der Waals surface area contributed by atoms with Crippen LogP contribution in [0.4, 0.5) is 18.9 Å². The average Bonchev–Trinajstić information content (AvgIpc) is 3.16. The zero-order valence-electron chi connectivity index (χ0n) is 25.4. The van der Waals surface area contributed by atoms with Crippen molar-refractivity contribution >= 4 is 17.6 Å². The quantitative estimate of drug-likeness (QED) is 0.212. The van der Waals surface area contributed by atoms with Crippen molar-refractivity contribution in [1.29, 1.82) is 0 Å². The summed E-state index contributed by atoms with van der Waals surface area (Å²) in [5.74, 6) is -5.42. The van der Waals surface area contributed by atoms with Gasteiger partial charge in [0.15, 0.2) is 0 Å². The Labute approximate surface area is 268 Å². The molecule has 4 aromatic carbocycles.